The number of aromatic nitrogens is 2. The highest BCUT2D eigenvalue weighted by Gasteiger charge is 2.08. The second-order valence-electron chi connectivity index (χ2n) is 5.70. The molecule has 0 aliphatic carbocycles. The second kappa shape index (κ2) is 8.88. The van der Waals surface area contributed by atoms with Crippen LogP contribution in [-0.2, 0) is 16.1 Å². The van der Waals surface area contributed by atoms with Crippen LogP contribution in [0.5, 0.6) is 5.75 Å². The van der Waals surface area contributed by atoms with E-state index < -0.39 is 5.97 Å². The number of rotatable bonds is 7. The molecule has 0 bridgehead atoms. The molecule has 2 heterocycles. The number of benzene rings is 1. The van der Waals surface area contributed by atoms with Crippen molar-refractivity contribution in [1.82, 2.24) is 9.38 Å². The maximum absolute atomic E-state index is 12.0. The zero-order valence-corrected chi connectivity index (χ0v) is 15.7. The van der Waals surface area contributed by atoms with E-state index in [-0.39, 0.29) is 18.6 Å². The number of hydrogen-bond acceptors (Lipinski definition) is 5. The minimum Gasteiger partial charge on any atom is -0.492 e. The van der Waals surface area contributed by atoms with Crippen LogP contribution in [0, 0.1) is 0 Å². The van der Waals surface area contributed by atoms with Crippen LogP contribution >= 0.6 is 23.2 Å². The first kappa shape index (κ1) is 19.2. The highest BCUT2D eigenvalue weighted by molar-refractivity contribution is 6.35. The molecule has 0 unspecified atom stereocenters. The predicted molar refractivity (Wildman–Crippen MR) is 102 cm³/mol. The number of carbonyl (C=O) groups excluding carboxylic acids is 1. The largest absolute Gasteiger partial charge is 0.492 e. The Hall–Kier alpha value is -2.57. The van der Waals surface area contributed by atoms with Crippen LogP contribution in [0.15, 0.2) is 53.5 Å². The Labute approximate surface area is 165 Å². The zero-order chi connectivity index (χ0) is 19.2. The van der Waals surface area contributed by atoms with Gasteiger partial charge in [0.05, 0.1) is 17.3 Å². The van der Waals surface area contributed by atoms with Crippen LogP contribution in [0.4, 0.5) is 0 Å². The molecule has 0 saturated carbocycles. The summed E-state index contributed by atoms with van der Waals surface area (Å²) in [6.07, 6.45) is 2.27. The summed E-state index contributed by atoms with van der Waals surface area (Å²) >= 11 is 11.8. The number of ether oxygens (including phenoxy) is 2. The molecule has 1 aromatic carbocycles. The van der Waals surface area contributed by atoms with E-state index in [1.165, 1.54) is 10.5 Å². The molecule has 0 spiro atoms. The minimum absolute atomic E-state index is 0.0522. The summed E-state index contributed by atoms with van der Waals surface area (Å²) in [6.45, 7) is 0.259. The van der Waals surface area contributed by atoms with Gasteiger partial charge in [-0.15, -0.1) is 0 Å². The lowest BCUT2D eigenvalue weighted by atomic mass is 10.3. The van der Waals surface area contributed by atoms with Gasteiger partial charge in [0.25, 0.3) is 5.56 Å². The van der Waals surface area contributed by atoms with Crippen molar-refractivity contribution >= 4 is 34.8 Å². The Kier molecular flexibility index (Phi) is 6.32. The first-order chi connectivity index (χ1) is 13.0. The molecule has 0 fully saturated rings. The summed E-state index contributed by atoms with van der Waals surface area (Å²) in [6, 6.07) is 11.5. The van der Waals surface area contributed by atoms with E-state index in [9.17, 15) is 9.59 Å². The van der Waals surface area contributed by atoms with Crippen LogP contribution in [0.2, 0.25) is 10.0 Å². The van der Waals surface area contributed by atoms with Gasteiger partial charge in [-0.3, -0.25) is 14.0 Å². The number of fused-ring (bicyclic) bond motifs is 1. The Morgan fingerprint density at radius 1 is 1.15 bits per heavy atom. The maximum Gasteiger partial charge on any atom is 0.306 e. The fourth-order valence-electron chi connectivity index (χ4n) is 2.39. The van der Waals surface area contributed by atoms with Gasteiger partial charge in [-0.25, -0.2) is 4.98 Å². The first-order valence-corrected chi connectivity index (χ1v) is 8.99. The summed E-state index contributed by atoms with van der Waals surface area (Å²) < 4.78 is 12.1. The third kappa shape index (κ3) is 5.21. The van der Waals surface area contributed by atoms with Crippen LogP contribution in [0.25, 0.3) is 5.65 Å². The molecular weight excluding hydrogens is 391 g/mol. The van der Waals surface area contributed by atoms with Crippen LogP contribution in [-0.4, -0.2) is 22.0 Å². The lowest BCUT2D eigenvalue weighted by molar-refractivity contribution is -0.145. The molecule has 140 valence electrons. The van der Waals surface area contributed by atoms with E-state index >= 15 is 0 Å². The quantitative estimate of drug-likeness (QED) is 0.439. The van der Waals surface area contributed by atoms with E-state index in [0.717, 1.165) is 0 Å². The molecule has 0 N–H and O–H groups in total. The Balaban J connectivity index is 1.45. The average molecular weight is 407 g/mol. The van der Waals surface area contributed by atoms with Crippen molar-refractivity contribution in [3.63, 3.8) is 0 Å². The van der Waals surface area contributed by atoms with Crippen molar-refractivity contribution in [2.75, 3.05) is 6.61 Å². The molecule has 3 rings (SSSR count). The van der Waals surface area contributed by atoms with Crippen molar-refractivity contribution in [2.24, 2.45) is 0 Å². The second-order valence-corrected chi connectivity index (χ2v) is 6.55. The average Bonchev–Trinajstić information content (AvgIpc) is 2.65. The summed E-state index contributed by atoms with van der Waals surface area (Å²) in [5.41, 5.74) is 0.688. The third-order valence-electron chi connectivity index (χ3n) is 3.68. The lowest BCUT2D eigenvalue weighted by Crippen LogP contribution is -2.16. The number of esters is 1. The minimum atomic E-state index is -0.393. The predicted octanol–water partition coefficient (Wildman–Crippen LogP) is 3.90. The van der Waals surface area contributed by atoms with Gasteiger partial charge in [0, 0.05) is 23.7 Å². The van der Waals surface area contributed by atoms with E-state index in [4.69, 9.17) is 32.7 Å². The number of hydrogen-bond donors (Lipinski definition) is 0. The van der Waals surface area contributed by atoms with Crippen LogP contribution < -0.4 is 10.3 Å². The van der Waals surface area contributed by atoms with Crippen LogP contribution in [0.3, 0.4) is 0 Å². The smallest absolute Gasteiger partial charge is 0.306 e. The zero-order valence-electron chi connectivity index (χ0n) is 14.2. The maximum atomic E-state index is 12.0. The molecule has 0 saturated heterocycles. The molecule has 0 amide bonds. The van der Waals surface area contributed by atoms with Crippen molar-refractivity contribution in [1.29, 1.82) is 0 Å². The van der Waals surface area contributed by atoms with Gasteiger partial charge in [-0.2, -0.15) is 0 Å². The lowest BCUT2D eigenvalue weighted by Gasteiger charge is -2.08. The summed E-state index contributed by atoms with van der Waals surface area (Å²) in [4.78, 5) is 28.1. The molecule has 0 atom stereocenters. The fourth-order valence-corrected chi connectivity index (χ4v) is 2.86. The number of carbonyl (C=O) groups is 1. The summed E-state index contributed by atoms with van der Waals surface area (Å²) in [5, 5.41) is 0.941. The normalized spacial score (nSPS) is 10.7. The fraction of sp³-hybridized carbons (Fsp3) is 0.211. The van der Waals surface area contributed by atoms with E-state index in [1.54, 1.807) is 42.6 Å². The van der Waals surface area contributed by atoms with Gasteiger partial charge < -0.3 is 9.47 Å². The summed E-state index contributed by atoms with van der Waals surface area (Å²) in [7, 11) is 0. The van der Waals surface area contributed by atoms with Gasteiger partial charge in [0.1, 0.15) is 18.0 Å². The third-order valence-corrected chi connectivity index (χ3v) is 4.21. The van der Waals surface area contributed by atoms with Crippen LogP contribution in [0.1, 0.15) is 18.5 Å². The Morgan fingerprint density at radius 3 is 2.81 bits per heavy atom. The molecule has 0 radical (unpaired) electrons. The molecule has 27 heavy (non-hydrogen) atoms. The molecule has 0 aliphatic heterocycles. The topological polar surface area (TPSA) is 69.9 Å². The van der Waals surface area contributed by atoms with Gasteiger partial charge in [0.15, 0.2) is 0 Å². The highest BCUT2D eigenvalue weighted by atomic mass is 35.5. The van der Waals surface area contributed by atoms with Gasteiger partial charge in [-0.1, -0.05) is 29.3 Å². The molecular formula is C19H16Cl2N2O4. The SMILES string of the molecule is O=C(CCCOc1ccc(Cl)cc1Cl)OCc1cc(=O)n2ccccc2n1. The first-order valence-electron chi connectivity index (χ1n) is 8.24. The number of nitrogens with zero attached hydrogens (tertiary/aromatic N) is 2. The molecule has 2 aromatic heterocycles. The van der Waals surface area contributed by atoms with Gasteiger partial charge in [-0.05, 0) is 36.8 Å². The van der Waals surface area contributed by atoms with Gasteiger partial charge in [0.2, 0.25) is 0 Å². The van der Waals surface area contributed by atoms with Crippen molar-refractivity contribution in [3.8, 4) is 5.75 Å². The number of halogens is 2. The summed E-state index contributed by atoms with van der Waals surface area (Å²) in [5.74, 6) is 0.117. The molecule has 8 heteroatoms. The number of pyridine rings is 1. The molecule has 6 nitrogen and oxygen atoms in total. The van der Waals surface area contributed by atoms with E-state index in [2.05, 4.69) is 4.98 Å². The van der Waals surface area contributed by atoms with Crippen molar-refractivity contribution in [2.45, 2.75) is 19.4 Å². The van der Waals surface area contributed by atoms with Crippen molar-refractivity contribution < 1.29 is 14.3 Å². The Bertz CT molecular complexity index is 1020. The molecule has 3 aromatic rings. The highest BCUT2D eigenvalue weighted by Crippen LogP contribution is 2.27. The van der Waals surface area contributed by atoms with E-state index in [1.807, 2.05) is 0 Å². The van der Waals surface area contributed by atoms with E-state index in [0.29, 0.717) is 40.2 Å². The van der Waals surface area contributed by atoms with Crippen molar-refractivity contribution in [3.05, 3.63) is 74.8 Å². The molecule has 0 aliphatic rings. The standard InChI is InChI=1S/C19H16Cl2N2O4/c20-13-6-7-16(15(21)10-13)26-9-3-5-19(25)27-12-14-11-18(24)23-8-2-1-4-17(23)22-14/h1-2,4,6-8,10-11H,3,5,9,12H2. The monoisotopic (exact) mass is 406 g/mol. The van der Waals surface area contributed by atoms with Gasteiger partial charge >= 0.3 is 5.97 Å². The Morgan fingerprint density at radius 2 is 2.00 bits per heavy atom.